The molecule has 6 nitrogen and oxygen atoms in total. The standard InChI is InChI=1S/C26H32N2O4/c1-17(2)32-20-12-13-21(18(3)16-20)24(29)22-23(19-10-7-6-8-11-19)28(26(31)25(22)30)15-9-14-27(4)5/h6-8,10-13,16-17,23,29H,9,14-15H2,1-5H3. The van der Waals surface area contributed by atoms with E-state index in [0.717, 1.165) is 24.1 Å². The third-order valence-electron chi connectivity index (χ3n) is 5.48. The van der Waals surface area contributed by atoms with E-state index in [1.54, 1.807) is 17.0 Å². The number of hydrogen-bond acceptors (Lipinski definition) is 5. The second-order valence-electron chi connectivity index (χ2n) is 8.70. The second-order valence-corrected chi connectivity index (χ2v) is 8.70. The zero-order valence-corrected chi connectivity index (χ0v) is 19.5. The molecule has 0 bridgehead atoms. The molecule has 1 unspecified atom stereocenters. The van der Waals surface area contributed by atoms with E-state index >= 15 is 0 Å². The van der Waals surface area contributed by atoms with E-state index in [1.165, 1.54) is 0 Å². The van der Waals surface area contributed by atoms with Crippen LogP contribution in [-0.4, -0.2) is 59.9 Å². The van der Waals surface area contributed by atoms with E-state index in [-0.39, 0.29) is 17.4 Å². The molecule has 3 rings (SSSR count). The van der Waals surface area contributed by atoms with E-state index < -0.39 is 17.7 Å². The molecule has 0 spiro atoms. The van der Waals surface area contributed by atoms with Crippen LogP contribution in [-0.2, 0) is 9.59 Å². The van der Waals surface area contributed by atoms with Gasteiger partial charge in [-0.05, 0) is 77.2 Å². The molecule has 170 valence electrons. The second kappa shape index (κ2) is 10.0. The highest BCUT2D eigenvalue weighted by Crippen LogP contribution is 2.40. The molecule has 0 aliphatic carbocycles. The molecule has 1 atom stereocenters. The molecule has 0 saturated carbocycles. The summed E-state index contributed by atoms with van der Waals surface area (Å²) in [4.78, 5) is 29.7. The minimum atomic E-state index is -0.650. The van der Waals surface area contributed by atoms with Crippen LogP contribution in [0.3, 0.4) is 0 Å². The fraction of sp³-hybridized carbons (Fsp3) is 0.385. The van der Waals surface area contributed by atoms with Crippen LogP contribution in [0.2, 0.25) is 0 Å². The Hall–Kier alpha value is -3.12. The fourth-order valence-corrected chi connectivity index (χ4v) is 4.04. The van der Waals surface area contributed by atoms with E-state index in [9.17, 15) is 14.7 Å². The molecule has 2 aromatic carbocycles. The number of ketones is 1. The third-order valence-corrected chi connectivity index (χ3v) is 5.48. The molecular weight excluding hydrogens is 404 g/mol. The van der Waals surface area contributed by atoms with E-state index in [4.69, 9.17) is 4.74 Å². The Balaban J connectivity index is 2.06. The molecule has 1 aliphatic rings. The Morgan fingerprint density at radius 3 is 2.41 bits per heavy atom. The molecule has 0 aromatic heterocycles. The average Bonchev–Trinajstić information content (AvgIpc) is 2.98. The van der Waals surface area contributed by atoms with Crippen LogP contribution in [0.25, 0.3) is 5.76 Å². The molecular formula is C26H32N2O4. The summed E-state index contributed by atoms with van der Waals surface area (Å²) in [6, 6.07) is 14.1. The summed E-state index contributed by atoms with van der Waals surface area (Å²) in [7, 11) is 3.94. The number of benzene rings is 2. The van der Waals surface area contributed by atoms with Gasteiger partial charge in [0.2, 0.25) is 0 Å². The molecule has 1 heterocycles. The topological polar surface area (TPSA) is 70.1 Å². The van der Waals surface area contributed by atoms with Gasteiger partial charge in [0.25, 0.3) is 11.7 Å². The van der Waals surface area contributed by atoms with Gasteiger partial charge in [-0.25, -0.2) is 0 Å². The molecule has 1 saturated heterocycles. The number of carbonyl (C=O) groups excluding carboxylic acids is 2. The number of amides is 1. The van der Waals surface area contributed by atoms with E-state index in [2.05, 4.69) is 0 Å². The Morgan fingerprint density at radius 1 is 1.12 bits per heavy atom. The van der Waals surface area contributed by atoms with Crippen LogP contribution in [0.15, 0.2) is 54.1 Å². The molecule has 1 amide bonds. The Labute approximate surface area is 190 Å². The van der Waals surface area contributed by atoms with Crippen LogP contribution in [0.1, 0.15) is 43.0 Å². The summed E-state index contributed by atoms with van der Waals surface area (Å²) >= 11 is 0. The predicted molar refractivity (Wildman–Crippen MR) is 126 cm³/mol. The van der Waals surface area contributed by atoms with Gasteiger partial charge in [-0.15, -0.1) is 0 Å². The highest BCUT2D eigenvalue weighted by molar-refractivity contribution is 6.46. The first-order valence-electron chi connectivity index (χ1n) is 11.0. The summed E-state index contributed by atoms with van der Waals surface area (Å²) in [5.41, 5.74) is 2.22. The van der Waals surface area contributed by atoms with Gasteiger partial charge in [0, 0.05) is 12.1 Å². The molecule has 0 radical (unpaired) electrons. The summed E-state index contributed by atoms with van der Waals surface area (Å²) < 4.78 is 5.73. The number of aryl methyl sites for hydroxylation is 1. The highest BCUT2D eigenvalue weighted by atomic mass is 16.5. The van der Waals surface area contributed by atoms with Crippen LogP contribution in [0.5, 0.6) is 5.75 Å². The number of nitrogens with zero attached hydrogens (tertiary/aromatic N) is 2. The number of aliphatic hydroxyl groups excluding tert-OH is 1. The number of aliphatic hydroxyl groups is 1. The fourth-order valence-electron chi connectivity index (χ4n) is 4.04. The van der Waals surface area contributed by atoms with Crippen LogP contribution in [0.4, 0.5) is 0 Å². The Kier molecular flexibility index (Phi) is 7.36. The number of Topliss-reactive ketones (excluding diaryl/α,β-unsaturated/α-hetero) is 1. The van der Waals surface area contributed by atoms with Crippen molar-refractivity contribution in [1.82, 2.24) is 9.80 Å². The van der Waals surface area contributed by atoms with Crippen molar-refractivity contribution >= 4 is 17.4 Å². The monoisotopic (exact) mass is 436 g/mol. The quantitative estimate of drug-likeness (QED) is 0.382. The van der Waals surface area contributed by atoms with Gasteiger partial charge in [-0.3, -0.25) is 9.59 Å². The van der Waals surface area contributed by atoms with Gasteiger partial charge in [0.15, 0.2) is 0 Å². The summed E-state index contributed by atoms with van der Waals surface area (Å²) in [6.07, 6.45) is 0.753. The number of hydrogen-bond donors (Lipinski definition) is 1. The summed E-state index contributed by atoms with van der Waals surface area (Å²) in [5.74, 6) is -0.682. The Morgan fingerprint density at radius 2 is 1.81 bits per heavy atom. The maximum Gasteiger partial charge on any atom is 0.295 e. The third kappa shape index (κ3) is 5.02. The van der Waals surface area contributed by atoms with Crippen LogP contribution >= 0.6 is 0 Å². The highest BCUT2D eigenvalue weighted by Gasteiger charge is 2.45. The zero-order valence-electron chi connectivity index (χ0n) is 19.5. The van der Waals surface area contributed by atoms with Crippen LogP contribution < -0.4 is 4.74 Å². The number of likely N-dealkylation sites (tertiary alicyclic amines) is 1. The Bertz CT molecular complexity index is 1010. The van der Waals surface area contributed by atoms with E-state index in [0.29, 0.717) is 17.9 Å². The lowest BCUT2D eigenvalue weighted by Crippen LogP contribution is -2.32. The number of ether oxygens (including phenoxy) is 1. The molecule has 1 aliphatic heterocycles. The van der Waals surface area contributed by atoms with Crippen molar-refractivity contribution in [2.45, 2.75) is 39.3 Å². The molecule has 32 heavy (non-hydrogen) atoms. The zero-order chi connectivity index (χ0) is 23.4. The lowest BCUT2D eigenvalue weighted by atomic mass is 9.94. The first kappa shape index (κ1) is 23.5. The normalized spacial score (nSPS) is 18.1. The van der Waals surface area contributed by atoms with Crippen molar-refractivity contribution in [2.75, 3.05) is 27.2 Å². The van der Waals surface area contributed by atoms with Gasteiger partial charge >= 0.3 is 0 Å². The van der Waals surface area contributed by atoms with Crippen molar-refractivity contribution < 1.29 is 19.4 Å². The first-order chi connectivity index (χ1) is 15.2. The average molecular weight is 437 g/mol. The molecule has 6 heteroatoms. The molecule has 2 aromatic rings. The maximum atomic E-state index is 13.1. The van der Waals surface area contributed by atoms with Crippen molar-refractivity contribution in [1.29, 1.82) is 0 Å². The van der Waals surface area contributed by atoms with Crippen molar-refractivity contribution in [2.24, 2.45) is 0 Å². The minimum absolute atomic E-state index is 0.0272. The maximum absolute atomic E-state index is 13.1. The lowest BCUT2D eigenvalue weighted by molar-refractivity contribution is -0.139. The largest absolute Gasteiger partial charge is 0.507 e. The molecule has 1 fully saturated rings. The number of carbonyl (C=O) groups is 2. The number of rotatable bonds is 8. The lowest BCUT2D eigenvalue weighted by Gasteiger charge is -2.26. The minimum Gasteiger partial charge on any atom is -0.507 e. The van der Waals surface area contributed by atoms with Gasteiger partial charge < -0.3 is 19.6 Å². The van der Waals surface area contributed by atoms with Gasteiger partial charge in [0.05, 0.1) is 17.7 Å². The predicted octanol–water partition coefficient (Wildman–Crippen LogP) is 4.16. The summed E-state index contributed by atoms with van der Waals surface area (Å²) in [6.45, 7) is 6.97. The van der Waals surface area contributed by atoms with E-state index in [1.807, 2.05) is 76.2 Å². The first-order valence-corrected chi connectivity index (χ1v) is 11.0. The van der Waals surface area contributed by atoms with Crippen molar-refractivity contribution in [3.05, 3.63) is 70.8 Å². The van der Waals surface area contributed by atoms with Crippen molar-refractivity contribution in [3.8, 4) is 5.75 Å². The molecule has 1 N–H and O–H groups in total. The van der Waals surface area contributed by atoms with Gasteiger partial charge in [-0.1, -0.05) is 30.3 Å². The van der Waals surface area contributed by atoms with Crippen LogP contribution in [0, 0.1) is 6.92 Å². The van der Waals surface area contributed by atoms with Gasteiger partial charge in [-0.2, -0.15) is 0 Å². The SMILES string of the molecule is Cc1cc(OC(C)C)ccc1C(O)=C1C(=O)C(=O)N(CCCN(C)C)C1c1ccccc1. The van der Waals surface area contributed by atoms with Gasteiger partial charge in [0.1, 0.15) is 11.5 Å². The smallest absolute Gasteiger partial charge is 0.295 e. The summed E-state index contributed by atoms with van der Waals surface area (Å²) in [5, 5.41) is 11.3. The van der Waals surface area contributed by atoms with Crippen molar-refractivity contribution in [3.63, 3.8) is 0 Å².